The number of carbonyl (C=O) groups is 1. The number of amides is 1. The Bertz CT molecular complexity index is 630. The predicted molar refractivity (Wildman–Crippen MR) is 85.0 cm³/mol. The molecule has 1 N–H and O–H groups in total. The van der Waals surface area contributed by atoms with Gasteiger partial charge in [0, 0.05) is 20.2 Å². The third kappa shape index (κ3) is 4.60. The van der Waals surface area contributed by atoms with Crippen molar-refractivity contribution in [1.29, 1.82) is 0 Å². The number of nitrogens with one attached hydrogen (secondary N) is 1. The van der Waals surface area contributed by atoms with Crippen molar-refractivity contribution in [2.24, 2.45) is 0 Å². The van der Waals surface area contributed by atoms with E-state index in [9.17, 15) is 13.2 Å². The number of rotatable bonds is 7. The van der Waals surface area contributed by atoms with E-state index in [1.54, 1.807) is 26.2 Å². The molecule has 0 aromatic heterocycles. The molecule has 124 valence electrons. The van der Waals surface area contributed by atoms with Crippen LogP contribution in [0.2, 0.25) is 0 Å². The van der Waals surface area contributed by atoms with Crippen LogP contribution < -0.4 is 14.4 Å². The van der Waals surface area contributed by atoms with Crippen molar-refractivity contribution >= 4 is 21.6 Å². The lowest BCUT2D eigenvalue weighted by molar-refractivity contribution is 0.0902. The molecule has 1 aromatic rings. The highest BCUT2D eigenvalue weighted by Crippen LogP contribution is 2.25. The molecule has 1 atom stereocenters. The minimum atomic E-state index is -3.41. The Labute approximate surface area is 131 Å². The molecule has 0 radical (unpaired) electrons. The van der Waals surface area contributed by atoms with E-state index in [2.05, 4.69) is 5.32 Å². The number of hydrogen-bond donors (Lipinski definition) is 1. The fraction of sp³-hybridized carbons (Fsp3) is 0.500. The van der Waals surface area contributed by atoms with Crippen LogP contribution in [0.4, 0.5) is 5.69 Å². The Morgan fingerprint density at radius 1 is 1.36 bits per heavy atom. The Kier molecular flexibility index (Phi) is 6.19. The average molecular weight is 330 g/mol. The van der Waals surface area contributed by atoms with Crippen molar-refractivity contribution < 1.29 is 22.7 Å². The summed E-state index contributed by atoms with van der Waals surface area (Å²) >= 11 is 0. The number of nitrogens with zero attached hydrogens (tertiary/aromatic N) is 1. The number of anilines is 1. The zero-order chi connectivity index (χ0) is 16.9. The smallest absolute Gasteiger partial charge is 0.255 e. The summed E-state index contributed by atoms with van der Waals surface area (Å²) in [6.45, 7) is 2.18. The highest BCUT2D eigenvalue weighted by molar-refractivity contribution is 7.92. The van der Waals surface area contributed by atoms with Gasteiger partial charge in [-0.25, -0.2) is 8.42 Å². The van der Waals surface area contributed by atoms with Crippen molar-refractivity contribution in [1.82, 2.24) is 5.32 Å². The SMILES string of the molecule is COC[C@H](C)NC(=O)c1cc(N(C)S(C)(=O)=O)ccc1OC. The molecule has 0 aliphatic heterocycles. The average Bonchev–Trinajstić information content (AvgIpc) is 2.44. The first-order chi connectivity index (χ1) is 10.2. The molecule has 0 saturated carbocycles. The third-order valence-electron chi connectivity index (χ3n) is 3.08. The number of carbonyl (C=O) groups excluding carboxylic acids is 1. The van der Waals surface area contributed by atoms with E-state index in [-0.39, 0.29) is 17.5 Å². The highest BCUT2D eigenvalue weighted by atomic mass is 32.2. The molecular weight excluding hydrogens is 308 g/mol. The Hall–Kier alpha value is -1.80. The van der Waals surface area contributed by atoms with E-state index >= 15 is 0 Å². The zero-order valence-corrected chi connectivity index (χ0v) is 14.2. The summed E-state index contributed by atoms with van der Waals surface area (Å²) in [6, 6.07) is 4.44. The summed E-state index contributed by atoms with van der Waals surface area (Å²) in [5, 5.41) is 2.76. The van der Waals surface area contributed by atoms with Crippen molar-refractivity contribution in [3.63, 3.8) is 0 Å². The second-order valence-corrected chi connectivity index (χ2v) is 6.96. The summed E-state index contributed by atoms with van der Waals surface area (Å²) in [5.41, 5.74) is 0.645. The molecule has 22 heavy (non-hydrogen) atoms. The number of sulfonamides is 1. The first-order valence-corrected chi connectivity index (χ1v) is 8.47. The molecular formula is C14H22N2O5S. The zero-order valence-electron chi connectivity index (χ0n) is 13.4. The largest absolute Gasteiger partial charge is 0.496 e. The lowest BCUT2D eigenvalue weighted by atomic mass is 10.1. The number of hydrogen-bond acceptors (Lipinski definition) is 5. The summed E-state index contributed by atoms with van der Waals surface area (Å²) in [5.74, 6) is 0.0120. The van der Waals surface area contributed by atoms with Gasteiger partial charge in [-0.3, -0.25) is 9.10 Å². The maximum atomic E-state index is 12.3. The van der Waals surface area contributed by atoms with E-state index < -0.39 is 10.0 Å². The van der Waals surface area contributed by atoms with Gasteiger partial charge in [0.1, 0.15) is 5.75 Å². The molecule has 0 spiro atoms. The van der Waals surface area contributed by atoms with E-state index in [4.69, 9.17) is 9.47 Å². The summed E-state index contributed by atoms with van der Waals surface area (Å²) in [7, 11) is 1.01. The molecule has 8 heteroatoms. The van der Waals surface area contributed by atoms with Crippen LogP contribution in [0.1, 0.15) is 17.3 Å². The van der Waals surface area contributed by atoms with Crippen molar-refractivity contribution in [3.05, 3.63) is 23.8 Å². The van der Waals surface area contributed by atoms with Crippen LogP contribution in [-0.2, 0) is 14.8 Å². The molecule has 7 nitrogen and oxygen atoms in total. The van der Waals surface area contributed by atoms with Crippen LogP contribution in [0.3, 0.4) is 0 Å². The Balaban J connectivity index is 3.14. The molecule has 1 amide bonds. The minimum absolute atomic E-state index is 0.182. The molecule has 0 aliphatic rings. The standard InChI is InChI=1S/C14H22N2O5S/c1-10(9-20-3)15-14(17)12-8-11(6-7-13(12)21-4)16(2)22(5,18)19/h6-8,10H,9H2,1-5H3,(H,15,17)/t10-/m0/s1. The van der Waals surface area contributed by atoms with Gasteiger partial charge in [0.05, 0.1) is 31.2 Å². The lowest BCUT2D eigenvalue weighted by Gasteiger charge is -2.19. The number of methoxy groups -OCH3 is 2. The van der Waals surface area contributed by atoms with Crippen LogP contribution in [0, 0.1) is 0 Å². The predicted octanol–water partition coefficient (Wildman–Crippen LogP) is 0.856. The fourth-order valence-electron chi connectivity index (χ4n) is 1.85. The Morgan fingerprint density at radius 3 is 2.50 bits per heavy atom. The minimum Gasteiger partial charge on any atom is -0.496 e. The maximum absolute atomic E-state index is 12.3. The molecule has 0 heterocycles. The highest BCUT2D eigenvalue weighted by Gasteiger charge is 2.19. The summed E-state index contributed by atoms with van der Waals surface area (Å²) in [4.78, 5) is 12.3. The van der Waals surface area contributed by atoms with Gasteiger partial charge in [0.15, 0.2) is 0 Å². The van der Waals surface area contributed by atoms with Gasteiger partial charge in [0.25, 0.3) is 5.91 Å². The van der Waals surface area contributed by atoms with Gasteiger partial charge >= 0.3 is 0 Å². The van der Waals surface area contributed by atoms with Crippen molar-refractivity contribution in [2.75, 3.05) is 38.4 Å². The molecule has 0 bridgehead atoms. The van der Waals surface area contributed by atoms with Gasteiger partial charge in [0.2, 0.25) is 10.0 Å². The van der Waals surface area contributed by atoms with E-state index in [0.717, 1.165) is 10.6 Å². The van der Waals surface area contributed by atoms with Crippen LogP contribution in [0.25, 0.3) is 0 Å². The molecule has 0 fully saturated rings. The quantitative estimate of drug-likeness (QED) is 0.801. The Morgan fingerprint density at radius 2 is 2.00 bits per heavy atom. The van der Waals surface area contributed by atoms with Crippen LogP contribution in [0.5, 0.6) is 5.75 Å². The molecule has 1 aromatic carbocycles. The van der Waals surface area contributed by atoms with E-state index in [1.165, 1.54) is 20.2 Å². The molecule has 1 rings (SSSR count). The third-order valence-corrected chi connectivity index (χ3v) is 4.29. The molecule has 0 aliphatic carbocycles. The van der Waals surface area contributed by atoms with E-state index in [0.29, 0.717) is 18.0 Å². The van der Waals surface area contributed by atoms with Gasteiger partial charge < -0.3 is 14.8 Å². The summed E-state index contributed by atoms with van der Waals surface area (Å²) in [6.07, 6.45) is 1.09. The van der Waals surface area contributed by atoms with Gasteiger partial charge in [-0.2, -0.15) is 0 Å². The van der Waals surface area contributed by atoms with Crippen LogP contribution in [-0.4, -0.2) is 54.5 Å². The van der Waals surface area contributed by atoms with Gasteiger partial charge in [-0.1, -0.05) is 0 Å². The maximum Gasteiger partial charge on any atom is 0.255 e. The van der Waals surface area contributed by atoms with Crippen LogP contribution in [0.15, 0.2) is 18.2 Å². The van der Waals surface area contributed by atoms with Crippen molar-refractivity contribution in [2.45, 2.75) is 13.0 Å². The monoisotopic (exact) mass is 330 g/mol. The summed E-state index contributed by atoms with van der Waals surface area (Å²) < 4.78 is 34.5. The van der Waals surface area contributed by atoms with Crippen molar-refractivity contribution in [3.8, 4) is 5.75 Å². The topological polar surface area (TPSA) is 84.9 Å². The first kappa shape index (κ1) is 18.2. The molecule has 0 saturated heterocycles. The van der Waals surface area contributed by atoms with Gasteiger partial charge in [-0.15, -0.1) is 0 Å². The fourth-order valence-corrected chi connectivity index (χ4v) is 2.35. The number of ether oxygens (including phenoxy) is 2. The normalized spacial score (nSPS) is 12.6. The van der Waals surface area contributed by atoms with Gasteiger partial charge in [-0.05, 0) is 25.1 Å². The van der Waals surface area contributed by atoms with E-state index in [1.807, 2.05) is 0 Å². The second-order valence-electron chi connectivity index (χ2n) is 4.94. The van der Waals surface area contributed by atoms with Crippen LogP contribution >= 0.6 is 0 Å². The number of benzene rings is 1. The second kappa shape index (κ2) is 7.46. The molecule has 0 unspecified atom stereocenters. The first-order valence-electron chi connectivity index (χ1n) is 6.62. The lowest BCUT2D eigenvalue weighted by Crippen LogP contribution is -2.36.